The van der Waals surface area contributed by atoms with Crippen LogP contribution >= 0.6 is 11.5 Å². The molecule has 0 fully saturated rings. The Morgan fingerprint density at radius 1 is 1.50 bits per heavy atom. The molecule has 1 aromatic carbocycles. The average Bonchev–Trinajstić information content (AvgIpc) is 2.49. The van der Waals surface area contributed by atoms with Gasteiger partial charge in [0.05, 0.1) is 4.49 Å². The Balaban J connectivity index is 2.80. The molecule has 1 aromatic heterocycles. The highest BCUT2D eigenvalue weighted by Gasteiger charge is 2.12. The standard InChI is InChI=1S/C9H11N2S/c1-3-11-8-6-4-5-7(2)9(8)12-10-11/h4-6H,3H2,1-2H3/q+1. The maximum Gasteiger partial charge on any atom is 0.252 e. The van der Waals surface area contributed by atoms with Gasteiger partial charge in [-0.25, -0.2) is 0 Å². The van der Waals surface area contributed by atoms with Crippen LogP contribution in [0.15, 0.2) is 18.2 Å². The number of rotatable bonds is 1. The zero-order valence-electron chi connectivity index (χ0n) is 7.24. The van der Waals surface area contributed by atoms with Crippen molar-refractivity contribution < 1.29 is 4.68 Å². The number of benzene rings is 1. The van der Waals surface area contributed by atoms with Gasteiger partial charge in [-0.05, 0) is 19.4 Å². The Morgan fingerprint density at radius 2 is 2.33 bits per heavy atom. The van der Waals surface area contributed by atoms with E-state index in [-0.39, 0.29) is 0 Å². The Kier molecular flexibility index (Phi) is 1.81. The van der Waals surface area contributed by atoms with Crippen molar-refractivity contribution in [1.29, 1.82) is 0 Å². The first kappa shape index (κ1) is 7.68. The molecule has 0 aliphatic carbocycles. The monoisotopic (exact) mass is 179 g/mol. The van der Waals surface area contributed by atoms with Crippen molar-refractivity contribution in [1.82, 2.24) is 4.49 Å². The van der Waals surface area contributed by atoms with Gasteiger partial charge in [0.1, 0.15) is 4.70 Å². The van der Waals surface area contributed by atoms with E-state index in [4.69, 9.17) is 0 Å². The first-order valence-corrected chi connectivity index (χ1v) is 4.85. The van der Waals surface area contributed by atoms with Gasteiger partial charge in [-0.15, -0.1) is 0 Å². The second-order valence-electron chi connectivity index (χ2n) is 2.81. The van der Waals surface area contributed by atoms with Gasteiger partial charge in [0.25, 0.3) is 5.52 Å². The molecule has 62 valence electrons. The Labute approximate surface area is 75.6 Å². The van der Waals surface area contributed by atoms with E-state index in [2.05, 4.69) is 36.5 Å². The molecule has 0 spiro atoms. The third-order valence-electron chi connectivity index (χ3n) is 2.00. The fourth-order valence-corrected chi connectivity index (χ4v) is 2.18. The maximum atomic E-state index is 4.33. The van der Waals surface area contributed by atoms with Gasteiger partial charge >= 0.3 is 0 Å². The lowest BCUT2D eigenvalue weighted by Gasteiger charge is -1.88. The third kappa shape index (κ3) is 1.01. The van der Waals surface area contributed by atoms with Crippen LogP contribution in [0.25, 0.3) is 10.2 Å². The smallest absolute Gasteiger partial charge is 0.0719 e. The lowest BCUT2D eigenvalue weighted by Crippen LogP contribution is -2.33. The Morgan fingerprint density at radius 3 is 3.08 bits per heavy atom. The van der Waals surface area contributed by atoms with E-state index < -0.39 is 0 Å². The van der Waals surface area contributed by atoms with E-state index in [9.17, 15) is 0 Å². The second kappa shape index (κ2) is 2.83. The maximum absolute atomic E-state index is 4.33. The molecule has 0 bridgehead atoms. The van der Waals surface area contributed by atoms with E-state index >= 15 is 0 Å². The van der Waals surface area contributed by atoms with E-state index in [1.807, 2.05) is 4.68 Å². The van der Waals surface area contributed by atoms with Gasteiger partial charge < -0.3 is 0 Å². The van der Waals surface area contributed by atoms with Crippen molar-refractivity contribution >= 4 is 21.7 Å². The van der Waals surface area contributed by atoms with Crippen molar-refractivity contribution in [3.63, 3.8) is 0 Å². The highest BCUT2D eigenvalue weighted by Crippen LogP contribution is 2.17. The molecule has 0 aliphatic heterocycles. The molecule has 0 amide bonds. The summed E-state index contributed by atoms with van der Waals surface area (Å²) in [7, 11) is 0. The largest absolute Gasteiger partial charge is 0.252 e. The number of aryl methyl sites for hydroxylation is 2. The minimum atomic E-state index is 0.948. The molecule has 2 aromatic rings. The van der Waals surface area contributed by atoms with Gasteiger partial charge in [0.2, 0.25) is 0 Å². The summed E-state index contributed by atoms with van der Waals surface area (Å²) in [6.07, 6.45) is 0. The summed E-state index contributed by atoms with van der Waals surface area (Å²) in [4.78, 5) is 0. The molecule has 0 saturated carbocycles. The molecule has 0 atom stereocenters. The zero-order valence-corrected chi connectivity index (χ0v) is 8.06. The summed E-state index contributed by atoms with van der Waals surface area (Å²) in [6.45, 7) is 5.19. The van der Waals surface area contributed by atoms with Crippen LogP contribution in [0.4, 0.5) is 0 Å². The molecule has 2 rings (SSSR count). The number of hydrogen-bond donors (Lipinski definition) is 0. The minimum absolute atomic E-state index is 0.948. The Hall–Kier alpha value is -0.960. The molecule has 2 nitrogen and oxygen atoms in total. The SMILES string of the molecule is CC[n+]1nsc2c(C)cccc21. The summed E-state index contributed by atoms with van der Waals surface area (Å²) in [5.74, 6) is 0. The molecule has 12 heavy (non-hydrogen) atoms. The van der Waals surface area contributed by atoms with Crippen LogP contribution in [0.1, 0.15) is 12.5 Å². The highest BCUT2D eigenvalue weighted by atomic mass is 32.1. The van der Waals surface area contributed by atoms with E-state index in [0.29, 0.717) is 0 Å². The van der Waals surface area contributed by atoms with Crippen LogP contribution in [-0.2, 0) is 6.54 Å². The van der Waals surface area contributed by atoms with Crippen LogP contribution in [-0.4, -0.2) is 4.49 Å². The fourth-order valence-electron chi connectivity index (χ4n) is 1.32. The number of nitrogens with zero attached hydrogens (tertiary/aromatic N) is 2. The van der Waals surface area contributed by atoms with Crippen molar-refractivity contribution in [2.75, 3.05) is 0 Å². The molecular formula is C9H11N2S+. The van der Waals surface area contributed by atoms with Crippen LogP contribution < -0.4 is 4.68 Å². The molecule has 0 unspecified atom stereocenters. The van der Waals surface area contributed by atoms with E-state index in [0.717, 1.165) is 6.54 Å². The highest BCUT2D eigenvalue weighted by molar-refractivity contribution is 7.12. The van der Waals surface area contributed by atoms with E-state index in [1.54, 1.807) is 11.5 Å². The quantitative estimate of drug-likeness (QED) is 0.611. The van der Waals surface area contributed by atoms with Crippen LogP contribution in [0.3, 0.4) is 0 Å². The summed E-state index contributed by atoms with van der Waals surface area (Å²) in [5.41, 5.74) is 2.57. The molecule has 0 radical (unpaired) electrons. The van der Waals surface area contributed by atoms with Gasteiger partial charge in [0.15, 0.2) is 6.54 Å². The van der Waals surface area contributed by atoms with Crippen LogP contribution in [0.2, 0.25) is 0 Å². The zero-order chi connectivity index (χ0) is 8.55. The predicted molar refractivity (Wildman–Crippen MR) is 50.2 cm³/mol. The number of fused-ring (bicyclic) bond motifs is 1. The normalized spacial score (nSPS) is 10.8. The third-order valence-corrected chi connectivity index (χ3v) is 2.99. The topological polar surface area (TPSA) is 16.8 Å². The molecule has 0 aliphatic rings. The van der Waals surface area contributed by atoms with Crippen molar-refractivity contribution in [3.05, 3.63) is 23.8 Å². The number of hydrogen-bond acceptors (Lipinski definition) is 2. The fraction of sp³-hybridized carbons (Fsp3) is 0.333. The minimum Gasteiger partial charge on any atom is -0.0719 e. The number of aromatic nitrogens is 2. The summed E-state index contributed by atoms with van der Waals surface area (Å²) in [5, 5.41) is 0. The molecule has 1 heterocycles. The Bertz CT molecular complexity index is 406. The van der Waals surface area contributed by atoms with Gasteiger partial charge in [-0.1, -0.05) is 16.8 Å². The first-order valence-electron chi connectivity index (χ1n) is 4.08. The second-order valence-corrected chi connectivity index (χ2v) is 3.57. The van der Waals surface area contributed by atoms with Gasteiger partial charge in [-0.3, -0.25) is 0 Å². The lowest BCUT2D eigenvalue weighted by molar-refractivity contribution is -0.719. The molecular weight excluding hydrogens is 168 g/mol. The first-order chi connectivity index (χ1) is 5.83. The van der Waals surface area contributed by atoms with Gasteiger partial charge in [0, 0.05) is 17.6 Å². The average molecular weight is 179 g/mol. The molecule has 0 saturated heterocycles. The van der Waals surface area contributed by atoms with Crippen molar-refractivity contribution in [2.24, 2.45) is 0 Å². The van der Waals surface area contributed by atoms with Crippen molar-refractivity contribution in [3.8, 4) is 0 Å². The van der Waals surface area contributed by atoms with Crippen LogP contribution in [0.5, 0.6) is 0 Å². The lowest BCUT2D eigenvalue weighted by atomic mass is 10.2. The molecule has 0 N–H and O–H groups in total. The van der Waals surface area contributed by atoms with E-state index in [1.165, 1.54) is 15.8 Å². The predicted octanol–water partition coefficient (Wildman–Crippen LogP) is 1.91. The van der Waals surface area contributed by atoms with Crippen molar-refractivity contribution in [2.45, 2.75) is 20.4 Å². The summed E-state index contributed by atoms with van der Waals surface area (Å²) < 4.78 is 7.67. The molecule has 3 heteroatoms. The summed E-state index contributed by atoms with van der Waals surface area (Å²) >= 11 is 1.58. The van der Waals surface area contributed by atoms with Crippen LogP contribution in [0, 0.1) is 6.92 Å². The van der Waals surface area contributed by atoms with Gasteiger partial charge in [-0.2, -0.15) is 0 Å². The summed E-state index contributed by atoms with van der Waals surface area (Å²) in [6, 6.07) is 6.33.